The first-order valence-corrected chi connectivity index (χ1v) is 10.5. The number of nitrogens with one attached hydrogen (secondary N) is 2. The van der Waals surface area contributed by atoms with Crippen LogP contribution in [0.1, 0.15) is 17.5 Å². The molecular formula is C24H25ClN6O2. The number of aryl methyl sites for hydroxylation is 1. The van der Waals surface area contributed by atoms with Crippen molar-refractivity contribution in [2.75, 3.05) is 24.8 Å². The average molecular weight is 465 g/mol. The number of amidine groups is 1. The maximum absolute atomic E-state index is 11.6. The average Bonchev–Trinajstić information content (AvgIpc) is 2.84. The van der Waals surface area contributed by atoms with E-state index in [0.29, 0.717) is 52.6 Å². The Morgan fingerprint density at radius 2 is 2.03 bits per heavy atom. The number of nitrogens with two attached hydrogens (primary N) is 1. The van der Waals surface area contributed by atoms with Crippen LogP contribution < -0.4 is 21.1 Å². The number of carbonyl (C=O) groups is 1. The molecule has 1 heterocycles. The maximum atomic E-state index is 11.6. The fourth-order valence-corrected chi connectivity index (χ4v) is 3.22. The number of rotatable bonds is 10. The number of hydrogen-bond donors (Lipinski definition) is 3. The summed E-state index contributed by atoms with van der Waals surface area (Å²) < 4.78 is 5.45. The standard InChI is InChI=1S/C24H25ClN6O2/c1-4-16(32)11-9-15-10-12-21(33-3)20(13-15)30-24-28-14-18(25)23(31-24)29-19-8-6-5-7-17(19)22(26)27-2/h4-8,10,12-14H,1,9,11H2,2-3H3,(H2,26,27)(H2,28,29,30,31). The Bertz CT molecular complexity index is 1200. The van der Waals surface area contributed by atoms with Crippen LogP contribution in [0.15, 0.2) is 66.3 Å². The van der Waals surface area contributed by atoms with Crippen molar-refractivity contribution in [2.24, 2.45) is 10.7 Å². The van der Waals surface area contributed by atoms with Crippen LogP contribution >= 0.6 is 11.6 Å². The van der Waals surface area contributed by atoms with Gasteiger partial charge in [-0.05, 0) is 42.3 Å². The summed E-state index contributed by atoms with van der Waals surface area (Å²) in [6.07, 6.45) is 3.79. The molecule has 0 bridgehead atoms. The van der Waals surface area contributed by atoms with E-state index < -0.39 is 0 Å². The van der Waals surface area contributed by atoms with Crippen molar-refractivity contribution in [3.63, 3.8) is 0 Å². The lowest BCUT2D eigenvalue weighted by molar-refractivity contribution is -0.114. The number of allylic oxidation sites excluding steroid dienone is 1. The van der Waals surface area contributed by atoms with Gasteiger partial charge < -0.3 is 21.1 Å². The normalized spacial score (nSPS) is 11.1. The largest absolute Gasteiger partial charge is 0.495 e. The van der Waals surface area contributed by atoms with E-state index >= 15 is 0 Å². The third-order valence-corrected chi connectivity index (χ3v) is 5.12. The Kier molecular flexibility index (Phi) is 7.99. The summed E-state index contributed by atoms with van der Waals surface area (Å²) in [6.45, 7) is 3.51. The molecule has 4 N–H and O–H groups in total. The summed E-state index contributed by atoms with van der Waals surface area (Å²) >= 11 is 6.34. The summed E-state index contributed by atoms with van der Waals surface area (Å²) in [5, 5.41) is 6.71. The molecule has 9 heteroatoms. The molecule has 0 spiro atoms. The van der Waals surface area contributed by atoms with Crippen LogP contribution in [0.4, 0.5) is 23.1 Å². The molecule has 0 amide bonds. The van der Waals surface area contributed by atoms with Gasteiger partial charge in [-0.2, -0.15) is 4.98 Å². The third-order valence-electron chi connectivity index (χ3n) is 4.84. The second kappa shape index (κ2) is 11.1. The van der Waals surface area contributed by atoms with E-state index in [2.05, 4.69) is 32.2 Å². The first-order chi connectivity index (χ1) is 15.9. The van der Waals surface area contributed by atoms with Crippen molar-refractivity contribution in [2.45, 2.75) is 12.8 Å². The number of halogens is 1. The number of benzene rings is 2. The van der Waals surface area contributed by atoms with Crippen LogP contribution in [0.2, 0.25) is 5.02 Å². The number of methoxy groups -OCH3 is 1. The highest BCUT2D eigenvalue weighted by Gasteiger charge is 2.12. The zero-order valence-corrected chi connectivity index (χ0v) is 19.2. The van der Waals surface area contributed by atoms with Crippen LogP contribution in [0.3, 0.4) is 0 Å². The minimum atomic E-state index is -0.00823. The minimum absolute atomic E-state index is 0.00823. The highest BCUT2D eigenvalue weighted by Crippen LogP contribution is 2.30. The molecule has 2 aromatic carbocycles. The number of aliphatic imine (C=N–C) groups is 1. The van der Waals surface area contributed by atoms with E-state index in [-0.39, 0.29) is 5.78 Å². The number of ketones is 1. The second-order valence-electron chi connectivity index (χ2n) is 7.00. The predicted molar refractivity (Wildman–Crippen MR) is 133 cm³/mol. The number of aromatic nitrogens is 2. The Labute approximate surface area is 197 Å². The van der Waals surface area contributed by atoms with Gasteiger partial charge in [0.05, 0.1) is 24.7 Å². The van der Waals surface area contributed by atoms with Gasteiger partial charge in [0.1, 0.15) is 16.6 Å². The molecule has 0 aliphatic carbocycles. The van der Waals surface area contributed by atoms with Crippen LogP contribution in [0.25, 0.3) is 0 Å². The first kappa shape index (κ1) is 23.7. The molecule has 0 atom stereocenters. The molecule has 170 valence electrons. The van der Waals surface area contributed by atoms with E-state index in [1.807, 2.05) is 42.5 Å². The molecule has 0 aliphatic heterocycles. The first-order valence-electron chi connectivity index (χ1n) is 10.2. The van der Waals surface area contributed by atoms with Crippen molar-refractivity contribution < 1.29 is 9.53 Å². The van der Waals surface area contributed by atoms with Gasteiger partial charge in [0, 0.05) is 19.0 Å². The summed E-state index contributed by atoms with van der Waals surface area (Å²) in [6, 6.07) is 13.1. The van der Waals surface area contributed by atoms with Crippen molar-refractivity contribution in [3.8, 4) is 5.75 Å². The SMILES string of the molecule is C=CC(=O)CCc1ccc(OC)c(Nc2ncc(Cl)c(Nc3ccccc3C(N)=NC)n2)c1. The Morgan fingerprint density at radius 3 is 2.76 bits per heavy atom. The van der Waals surface area contributed by atoms with E-state index in [1.54, 1.807) is 14.2 Å². The monoisotopic (exact) mass is 464 g/mol. The summed E-state index contributed by atoms with van der Waals surface area (Å²) in [5.41, 5.74) is 9.07. The van der Waals surface area contributed by atoms with E-state index in [4.69, 9.17) is 22.1 Å². The van der Waals surface area contributed by atoms with Crippen LogP contribution in [0.5, 0.6) is 5.75 Å². The molecule has 8 nitrogen and oxygen atoms in total. The number of para-hydroxylation sites is 1. The molecule has 0 saturated carbocycles. The number of hydrogen-bond acceptors (Lipinski definition) is 7. The summed E-state index contributed by atoms with van der Waals surface area (Å²) in [7, 11) is 3.20. The van der Waals surface area contributed by atoms with Crippen molar-refractivity contribution in [3.05, 3.63) is 77.5 Å². The van der Waals surface area contributed by atoms with Crippen molar-refractivity contribution in [1.29, 1.82) is 0 Å². The van der Waals surface area contributed by atoms with Gasteiger partial charge >= 0.3 is 0 Å². The lowest BCUT2D eigenvalue weighted by atomic mass is 10.1. The minimum Gasteiger partial charge on any atom is -0.495 e. The third kappa shape index (κ3) is 6.08. The fourth-order valence-electron chi connectivity index (χ4n) is 3.08. The number of anilines is 4. The van der Waals surface area contributed by atoms with Crippen molar-refractivity contribution in [1.82, 2.24) is 9.97 Å². The molecule has 33 heavy (non-hydrogen) atoms. The van der Waals surface area contributed by atoms with Crippen LogP contribution in [-0.2, 0) is 11.2 Å². The molecule has 0 aliphatic rings. The Balaban J connectivity index is 1.87. The smallest absolute Gasteiger partial charge is 0.229 e. The molecule has 3 aromatic rings. The molecule has 0 radical (unpaired) electrons. The molecule has 0 fully saturated rings. The van der Waals surface area contributed by atoms with Gasteiger partial charge in [0.2, 0.25) is 5.95 Å². The zero-order valence-electron chi connectivity index (χ0n) is 18.4. The van der Waals surface area contributed by atoms with E-state index in [1.165, 1.54) is 12.3 Å². The van der Waals surface area contributed by atoms with Gasteiger partial charge in [0.25, 0.3) is 0 Å². The molecule has 1 aromatic heterocycles. The van der Waals surface area contributed by atoms with Crippen LogP contribution in [0, 0.1) is 0 Å². The summed E-state index contributed by atoms with van der Waals surface area (Å²) in [5.74, 6) is 1.70. The molecule has 0 saturated heterocycles. The predicted octanol–water partition coefficient (Wildman–Crippen LogP) is 4.65. The second-order valence-corrected chi connectivity index (χ2v) is 7.41. The molecule has 0 unspecified atom stereocenters. The van der Waals surface area contributed by atoms with Crippen molar-refractivity contribution >= 4 is 46.4 Å². The fraction of sp³-hybridized carbons (Fsp3) is 0.167. The molecular weight excluding hydrogens is 440 g/mol. The summed E-state index contributed by atoms with van der Waals surface area (Å²) in [4.78, 5) is 24.4. The number of carbonyl (C=O) groups excluding carboxylic acids is 1. The van der Waals surface area contributed by atoms with E-state index in [0.717, 1.165) is 11.1 Å². The van der Waals surface area contributed by atoms with Gasteiger partial charge in [-0.3, -0.25) is 9.79 Å². The maximum Gasteiger partial charge on any atom is 0.229 e. The lowest BCUT2D eigenvalue weighted by Crippen LogP contribution is -2.15. The highest BCUT2D eigenvalue weighted by molar-refractivity contribution is 6.33. The quantitative estimate of drug-likeness (QED) is 0.227. The lowest BCUT2D eigenvalue weighted by Gasteiger charge is -2.15. The topological polar surface area (TPSA) is 115 Å². The zero-order chi connectivity index (χ0) is 23.8. The number of nitrogens with zero attached hydrogens (tertiary/aromatic N) is 3. The van der Waals surface area contributed by atoms with E-state index in [9.17, 15) is 4.79 Å². The van der Waals surface area contributed by atoms with Gasteiger partial charge in [-0.15, -0.1) is 0 Å². The van der Waals surface area contributed by atoms with Gasteiger partial charge in [0.15, 0.2) is 11.6 Å². The highest BCUT2D eigenvalue weighted by atomic mass is 35.5. The Hall–Kier alpha value is -3.91. The number of ether oxygens (including phenoxy) is 1. The van der Waals surface area contributed by atoms with Gasteiger partial charge in [-0.25, -0.2) is 4.98 Å². The Morgan fingerprint density at radius 1 is 1.24 bits per heavy atom. The molecule has 3 rings (SSSR count). The van der Waals surface area contributed by atoms with Crippen LogP contribution in [-0.4, -0.2) is 35.7 Å². The van der Waals surface area contributed by atoms with Gasteiger partial charge in [-0.1, -0.05) is 36.4 Å².